The van der Waals surface area contributed by atoms with Crippen molar-refractivity contribution < 1.29 is 77.3 Å². The summed E-state index contributed by atoms with van der Waals surface area (Å²) in [7, 11) is 0. The van der Waals surface area contributed by atoms with Gasteiger partial charge >= 0.3 is 19.5 Å². The molecule has 0 bridgehead atoms. The number of halogens is 3. The summed E-state index contributed by atoms with van der Waals surface area (Å²) in [5, 5.41) is 17.4. The first kappa shape index (κ1) is 23.3. The number of ether oxygens (including phenoxy) is 1. The first-order valence-electron chi connectivity index (χ1n) is 4.15. The Balaban J connectivity index is -0.000000653. The minimum Gasteiger partial charge on any atom is -1.00 e. The summed E-state index contributed by atoms with van der Waals surface area (Å²) < 4.78 is 6.05. The molecule has 7 heteroatoms. The van der Waals surface area contributed by atoms with Crippen molar-refractivity contribution in [1.29, 1.82) is 5.26 Å². The van der Waals surface area contributed by atoms with Crippen molar-refractivity contribution in [3.63, 3.8) is 0 Å². The van der Waals surface area contributed by atoms with Crippen LogP contribution in [0.4, 0.5) is 0 Å². The van der Waals surface area contributed by atoms with Gasteiger partial charge < -0.3 is 57.8 Å². The topological polar surface area (TPSA) is 53.2 Å². The fraction of sp³-hybridized carbons (Fsp3) is 0.300. The molecule has 1 unspecified atom stereocenters. The molecule has 1 aromatic carbocycles. The molecule has 90 valence electrons. The summed E-state index contributed by atoms with van der Waals surface area (Å²) in [6.45, 7) is 0.0942. The van der Waals surface area contributed by atoms with Crippen LogP contribution in [0.5, 0.6) is 0 Å². The third-order valence-corrected chi connectivity index (χ3v) is 2.14. The van der Waals surface area contributed by atoms with Gasteiger partial charge in [0.25, 0.3) is 0 Å². The van der Waals surface area contributed by atoms with Crippen LogP contribution in [0.2, 0.25) is 0 Å². The van der Waals surface area contributed by atoms with Gasteiger partial charge in [-0.25, -0.2) is 0 Å². The maximum atomic E-state index is 8.83. The Morgan fingerprint density at radius 3 is 2.53 bits per heavy atom. The summed E-state index contributed by atoms with van der Waals surface area (Å²) in [6.07, 6.45) is -0.611. The standard InChI is InChI=1S/C10H10BrNO2.2HI.Zn/c11-9-3-1-2-8(6-9)10(7-12)14-5-4-13;;;/h1-3,6,10,13H,4-5H2;2*1H;/q;;;+2/p-2. The van der Waals surface area contributed by atoms with Gasteiger partial charge in [0.15, 0.2) is 6.10 Å². The number of hydrogen-bond acceptors (Lipinski definition) is 3. The molecule has 0 spiro atoms. The molecule has 3 nitrogen and oxygen atoms in total. The number of aliphatic hydroxyl groups is 1. The molecule has 0 aliphatic heterocycles. The largest absolute Gasteiger partial charge is 2.00 e. The van der Waals surface area contributed by atoms with E-state index in [-0.39, 0.29) is 80.6 Å². The van der Waals surface area contributed by atoms with Crippen LogP contribution in [0.15, 0.2) is 28.7 Å². The van der Waals surface area contributed by atoms with E-state index < -0.39 is 6.10 Å². The average molecular weight is 575 g/mol. The smallest absolute Gasteiger partial charge is 1.00 e. The molecule has 1 rings (SSSR count). The molecule has 1 aromatic rings. The van der Waals surface area contributed by atoms with E-state index >= 15 is 0 Å². The van der Waals surface area contributed by atoms with E-state index in [0.29, 0.717) is 0 Å². The molecule has 0 fully saturated rings. The summed E-state index contributed by atoms with van der Waals surface area (Å²) in [5.74, 6) is 0. The van der Waals surface area contributed by atoms with Crippen LogP contribution in [0, 0.1) is 11.3 Å². The number of benzene rings is 1. The zero-order valence-electron chi connectivity index (χ0n) is 8.94. The zero-order chi connectivity index (χ0) is 10.4. The van der Waals surface area contributed by atoms with E-state index in [1.807, 2.05) is 30.3 Å². The predicted octanol–water partition coefficient (Wildman–Crippen LogP) is -3.97. The molecule has 0 amide bonds. The van der Waals surface area contributed by atoms with Gasteiger partial charge in [-0.05, 0) is 17.7 Å². The Kier molecular flexibility index (Phi) is 18.7. The van der Waals surface area contributed by atoms with Crippen LogP contribution >= 0.6 is 15.9 Å². The average Bonchev–Trinajstić information content (AvgIpc) is 2.19. The maximum Gasteiger partial charge on any atom is 2.00 e. The Bertz CT molecular complexity index is 349. The minimum atomic E-state index is -0.611. The van der Waals surface area contributed by atoms with Crippen molar-refractivity contribution in [2.45, 2.75) is 6.10 Å². The van der Waals surface area contributed by atoms with Gasteiger partial charge in [-0.3, -0.25) is 0 Å². The van der Waals surface area contributed by atoms with Crippen molar-refractivity contribution >= 4 is 15.9 Å². The third kappa shape index (κ3) is 8.84. The van der Waals surface area contributed by atoms with Crippen LogP contribution in [0.1, 0.15) is 11.7 Å². The van der Waals surface area contributed by atoms with Gasteiger partial charge in [0, 0.05) is 4.47 Å². The van der Waals surface area contributed by atoms with E-state index in [9.17, 15) is 0 Å². The first-order chi connectivity index (χ1) is 6.77. The molecular weight excluding hydrogens is 565 g/mol. The minimum absolute atomic E-state index is 0. The van der Waals surface area contributed by atoms with Crippen molar-refractivity contribution in [3.8, 4) is 6.07 Å². The monoisotopic (exact) mass is 573 g/mol. The predicted molar refractivity (Wildman–Crippen MR) is 55.5 cm³/mol. The maximum absolute atomic E-state index is 8.83. The van der Waals surface area contributed by atoms with E-state index in [0.717, 1.165) is 10.0 Å². The summed E-state index contributed by atoms with van der Waals surface area (Å²) in [5.41, 5.74) is 0.787. The van der Waals surface area contributed by atoms with Gasteiger partial charge in [0.05, 0.1) is 19.3 Å². The molecule has 0 heterocycles. The molecule has 1 N–H and O–H groups in total. The normalized spacial score (nSPS) is 9.94. The van der Waals surface area contributed by atoms with Crippen LogP contribution in [0.25, 0.3) is 0 Å². The fourth-order valence-electron chi connectivity index (χ4n) is 1.05. The van der Waals surface area contributed by atoms with Gasteiger partial charge in [0.2, 0.25) is 0 Å². The molecule has 0 saturated carbocycles. The second kappa shape index (κ2) is 13.6. The van der Waals surface area contributed by atoms with Gasteiger partial charge in [0.1, 0.15) is 0 Å². The van der Waals surface area contributed by atoms with E-state index in [1.165, 1.54) is 0 Å². The second-order valence-electron chi connectivity index (χ2n) is 2.66. The summed E-state index contributed by atoms with van der Waals surface area (Å²) >= 11 is 3.31. The molecule has 0 aliphatic carbocycles. The van der Waals surface area contributed by atoms with Gasteiger partial charge in [-0.1, -0.05) is 28.1 Å². The number of nitriles is 1. The molecule has 0 saturated heterocycles. The number of rotatable bonds is 4. The Morgan fingerprint density at radius 1 is 1.41 bits per heavy atom. The molecular formula is C10H10BrI2NO2Zn. The summed E-state index contributed by atoms with van der Waals surface area (Å²) in [6, 6.07) is 9.38. The van der Waals surface area contributed by atoms with Crippen LogP contribution in [-0.4, -0.2) is 18.3 Å². The summed E-state index contributed by atoms with van der Waals surface area (Å²) in [4.78, 5) is 0. The molecule has 17 heavy (non-hydrogen) atoms. The molecule has 0 aromatic heterocycles. The van der Waals surface area contributed by atoms with Crippen molar-refractivity contribution in [1.82, 2.24) is 0 Å². The van der Waals surface area contributed by atoms with Gasteiger partial charge in [-0.15, -0.1) is 0 Å². The quantitative estimate of drug-likeness (QED) is 0.295. The Labute approximate surface area is 156 Å². The number of nitrogens with zero attached hydrogens (tertiary/aromatic N) is 1. The number of aliphatic hydroxyl groups excluding tert-OH is 1. The van der Waals surface area contributed by atoms with Crippen LogP contribution in [0.3, 0.4) is 0 Å². The fourth-order valence-corrected chi connectivity index (χ4v) is 1.47. The molecule has 0 radical (unpaired) electrons. The first-order valence-corrected chi connectivity index (χ1v) is 4.94. The van der Waals surface area contributed by atoms with Gasteiger partial charge in [-0.2, -0.15) is 5.26 Å². The second-order valence-corrected chi connectivity index (χ2v) is 3.57. The van der Waals surface area contributed by atoms with Crippen LogP contribution in [-0.2, 0) is 24.2 Å². The molecule has 0 aliphatic rings. The Hall–Kier alpha value is 1.19. The van der Waals surface area contributed by atoms with Crippen molar-refractivity contribution in [3.05, 3.63) is 34.3 Å². The number of hydrogen-bond donors (Lipinski definition) is 1. The zero-order valence-corrected chi connectivity index (χ0v) is 17.8. The Morgan fingerprint density at radius 2 is 2.06 bits per heavy atom. The van der Waals surface area contributed by atoms with Crippen molar-refractivity contribution in [2.24, 2.45) is 0 Å². The van der Waals surface area contributed by atoms with E-state index in [2.05, 4.69) is 15.9 Å². The van der Waals surface area contributed by atoms with E-state index in [4.69, 9.17) is 15.1 Å². The third-order valence-electron chi connectivity index (χ3n) is 1.64. The SMILES string of the molecule is N#CC(OCCO)c1cccc(Br)c1.[I-].[I-].[Zn+2]. The van der Waals surface area contributed by atoms with Crippen molar-refractivity contribution in [2.75, 3.05) is 13.2 Å². The molecule has 1 atom stereocenters. The van der Waals surface area contributed by atoms with Crippen LogP contribution < -0.4 is 48.0 Å². The van der Waals surface area contributed by atoms with E-state index in [1.54, 1.807) is 0 Å².